The molecule has 0 saturated carbocycles. The van der Waals surface area contributed by atoms with E-state index in [2.05, 4.69) is 26.0 Å². The molecule has 1 aliphatic rings. The fraction of sp³-hybridized carbons (Fsp3) is 0.279. The van der Waals surface area contributed by atoms with E-state index in [0.29, 0.717) is 42.8 Å². The lowest BCUT2D eigenvalue weighted by Crippen LogP contribution is -2.61. The number of carbonyl (C=O) groups excluding carboxylic acids is 1. The van der Waals surface area contributed by atoms with Crippen molar-refractivity contribution in [3.8, 4) is 11.5 Å². The third-order valence-corrected chi connectivity index (χ3v) is 8.45. The summed E-state index contributed by atoms with van der Waals surface area (Å²) in [6.07, 6.45) is -2.06. The van der Waals surface area contributed by atoms with Crippen molar-refractivity contribution < 1.29 is 33.2 Å². The molecule has 1 heterocycles. The summed E-state index contributed by atoms with van der Waals surface area (Å²) in [5.41, 5.74) is 3.60. The average molecular weight is 673 g/mol. The number of hydrogen-bond acceptors (Lipinski definition) is 7. The molecular weight excluding hydrogens is 628 g/mol. The van der Waals surface area contributed by atoms with E-state index < -0.39 is 30.6 Å². The van der Waals surface area contributed by atoms with E-state index in [0.717, 1.165) is 23.1 Å². The summed E-state index contributed by atoms with van der Waals surface area (Å²) >= 11 is 0. The van der Waals surface area contributed by atoms with E-state index in [1.807, 2.05) is 84.9 Å². The first-order chi connectivity index (χ1) is 24.5. The van der Waals surface area contributed by atoms with Crippen molar-refractivity contribution in [2.24, 2.45) is 5.92 Å². The van der Waals surface area contributed by atoms with Crippen LogP contribution in [-0.2, 0) is 38.8 Å². The van der Waals surface area contributed by atoms with E-state index in [9.17, 15) is 4.79 Å². The van der Waals surface area contributed by atoms with Gasteiger partial charge in [-0.3, -0.25) is 0 Å². The molecule has 1 aliphatic heterocycles. The molecule has 0 bridgehead atoms. The van der Waals surface area contributed by atoms with Crippen LogP contribution in [-0.4, -0.2) is 36.7 Å². The average Bonchev–Trinajstić information content (AvgIpc) is 3.15. The smallest absolute Gasteiger partial charge is 0.343 e. The third-order valence-electron chi connectivity index (χ3n) is 8.45. The first-order valence-corrected chi connectivity index (χ1v) is 17.2. The highest BCUT2D eigenvalue weighted by Crippen LogP contribution is 2.34. The highest BCUT2D eigenvalue weighted by atomic mass is 16.7. The molecule has 5 aromatic carbocycles. The number of ether oxygens (including phenoxy) is 6. The number of benzene rings is 5. The molecule has 1 fully saturated rings. The Morgan fingerprint density at radius 1 is 0.560 bits per heavy atom. The lowest BCUT2D eigenvalue weighted by molar-refractivity contribution is -0.306. The quantitative estimate of drug-likeness (QED) is 0.0813. The van der Waals surface area contributed by atoms with E-state index in [1.165, 1.54) is 0 Å². The van der Waals surface area contributed by atoms with Crippen LogP contribution in [0.3, 0.4) is 0 Å². The van der Waals surface area contributed by atoms with Crippen LogP contribution < -0.4 is 9.47 Å². The van der Waals surface area contributed by atoms with Crippen LogP contribution in [0.5, 0.6) is 11.5 Å². The van der Waals surface area contributed by atoms with Crippen LogP contribution >= 0.6 is 0 Å². The second kappa shape index (κ2) is 17.7. The van der Waals surface area contributed by atoms with Crippen molar-refractivity contribution in [2.45, 2.75) is 70.8 Å². The highest BCUT2D eigenvalue weighted by Gasteiger charge is 2.49. The van der Waals surface area contributed by atoms with Crippen molar-refractivity contribution >= 4 is 5.97 Å². The normalized spacial score (nSPS) is 20.3. The Morgan fingerprint density at radius 3 is 1.50 bits per heavy atom. The molecular formula is C43H44O7. The van der Waals surface area contributed by atoms with Crippen molar-refractivity contribution in [1.82, 2.24) is 0 Å². The van der Waals surface area contributed by atoms with Gasteiger partial charge >= 0.3 is 5.97 Å². The number of hydrogen-bond donors (Lipinski definition) is 0. The highest BCUT2D eigenvalue weighted by molar-refractivity contribution is 5.90. The van der Waals surface area contributed by atoms with E-state index in [4.69, 9.17) is 28.4 Å². The topological polar surface area (TPSA) is 72.5 Å². The van der Waals surface area contributed by atoms with Crippen LogP contribution in [0.15, 0.2) is 146 Å². The van der Waals surface area contributed by atoms with E-state index >= 15 is 0 Å². The third kappa shape index (κ3) is 9.89. The minimum atomic E-state index is -0.822. The van der Waals surface area contributed by atoms with Crippen LogP contribution in [0.1, 0.15) is 47.3 Å². The van der Waals surface area contributed by atoms with Gasteiger partial charge in [0, 0.05) is 0 Å². The first kappa shape index (κ1) is 35.1. The minimum absolute atomic E-state index is 0.318. The molecule has 5 atom stereocenters. The fourth-order valence-electron chi connectivity index (χ4n) is 5.96. The maximum atomic E-state index is 12.6. The molecule has 50 heavy (non-hydrogen) atoms. The number of esters is 1. The Morgan fingerprint density at radius 2 is 1.00 bits per heavy atom. The molecule has 7 heteroatoms. The van der Waals surface area contributed by atoms with Gasteiger partial charge in [-0.15, -0.1) is 0 Å². The Balaban J connectivity index is 1.28. The Labute approximate surface area is 294 Å². The second-order valence-corrected chi connectivity index (χ2v) is 12.8. The zero-order valence-corrected chi connectivity index (χ0v) is 28.5. The lowest BCUT2D eigenvalue weighted by Gasteiger charge is -2.46. The molecule has 0 radical (unpaired) electrons. The first-order valence-electron chi connectivity index (χ1n) is 17.2. The van der Waals surface area contributed by atoms with Gasteiger partial charge in [0.05, 0.1) is 31.5 Å². The van der Waals surface area contributed by atoms with Crippen molar-refractivity contribution in [3.63, 3.8) is 0 Å². The standard InChI is InChI=1S/C43H44O7/c1-31(2)27-38-39(45-28-32-15-7-3-8-16-32)40(46-29-33-17-9-4-10-18-33)41(47-30-34-19-11-5-12-20-34)43(50-38)49-37-25-23-36(24-26-37)48-42(44)35-21-13-6-14-22-35/h3-26,31,38-41,43H,27-30H2,1-2H3/t38-,39-,40+,41-,43-/m1/s1. The van der Waals surface area contributed by atoms with Crippen LogP contribution in [0.25, 0.3) is 0 Å². The SMILES string of the molecule is CC(C)C[C@H]1O[C@@H](Oc2ccc(OC(=O)c3ccccc3)cc2)[C@H](OCc2ccccc2)[C@@H](OCc2ccccc2)[C@@H]1OCc1ccccc1. The molecule has 7 nitrogen and oxygen atoms in total. The zero-order chi connectivity index (χ0) is 34.5. The van der Waals surface area contributed by atoms with Gasteiger partial charge in [-0.2, -0.15) is 0 Å². The summed E-state index contributed by atoms with van der Waals surface area (Å²) in [6.45, 7) is 5.43. The molecule has 1 saturated heterocycles. The lowest BCUT2D eigenvalue weighted by atomic mass is 9.92. The molecule has 5 aromatic rings. The summed E-state index contributed by atoms with van der Waals surface area (Å²) in [7, 11) is 0. The molecule has 258 valence electrons. The molecule has 6 rings (SSSR count). The Hall–Kier alpha value is -4.79. The van der Waals surface area contributed by atoms with Crippen LogP contribution in [0, 0.1) is 5.92 Å². The predicted octanol–water partition coefficient (Wildman–Crippen LogP) is 8.81. The maximum absolute atomic E-state index is 12.6. The Kier molecular flexibility index (Phi) is 12.4. The molecule has 0 unspecified atom stereocenters. The minimum Gasteiger partial charge on any atom is -0.462 e. The summed E-state index contributed by atoms with van der Waals surface area (Å²) in [5, 5.41) is 0. The zero-order valence-electron chi connectivity index (χ0n) is 28.5. The van der Waals surface area contributed by atoms with Gasteiger partial charge in [0.15, 0.2) is 0 Å². The summed E-state index contributed by atoms with van der Waals surface area (Å²) in [4.78, 5) is 12.6. The monoisotopic (exact) mass is 672 g/mol. The summed E-state index contributed by atoms with van der Waals surface area (Å²) in [6, 6.07) is 46.1. The largest absolute Gasteiger partial charge is 0.462 e. The Bertz CT molecular complexity index is 1710. The molecule has 0 amide bonds. The van der Waals surface area contributed by atoms with Gasteiger partial charge in [-0.05, 0) is 65.4 Å². The van der Waals surface area contributed by atoms with Gasteiger partial charge < -0.3 is 28.4 Å². The molecule has 0 aliphatic carbocycles. The van der Waals surface area contributed by atoms with E-state index in [1.54, 1.807) is 48.5 Å². The van der Waals surface area contributed by atoms with Crippen molar-refractivity contribution in [3.05, 3.63) is 168 Å². The predicted molar refractivity (Wildman–Crippen MR) is 192 cm³/mol. The molecule has 0 N–H and O–H groups in total. The summed E-state index contributed by atoms with van der Waals surface area (Å²) in [5.74, 6) is 0.833. The number of carbonyl (C=O) groups is 1. The van der Waals surface area contributed by atoms with Gasteiger partial charge in [0.2, 0.25) is 6.29 Å². The van der Waals surface area contributed by atoms with Gasteiger partial charge in [-0.25, -0.2) is 4.79 Å². The second-order valence-electron chi connectivity index (χ2n) is 12.8. The van der Waals surface area contributed by atoms with Gasteiger partial charge in [-0.1, -0.05) is 123 Å². The summed E-state index contributed by atoms with van der Waals surface area (Å²) < 4.78 is 39.2. The van der Waals surface area contributed by atoms with Crippen molar-refractivity contribution in [1.29, 1.82) is 0 Å². The molecule has 0 spiro atoms. The van der Waals surface area contributed by atoms with Gasteiger partial charge in [0.1, 0.15) is 29.8 Å². The fourth-order valence-corrected chi connectivity index (χ4v) is 5.96. The van der Waals surface area contributed by atoms with Crippen LogP contribution in [0.4, 0.5) is 0 Å². The van der Waals surface area contributed by atoms with Crippen molar-refractivity contribution in [2.75, 3.05) is 0 Å². The molecule has 0 aromatic heterocycles. The maximum Gasteiger partial charge on any atom is 0.343 e. The number of rotatable bonds is 15. The van der Waals surface area contributed by atoms with E-state index in [-0.39, 0.29) is 6.10 Å². The van der Waals surface area contributed by atoms with Gasteiger partial charge in [0.25, 0.3) is 0 Å². The van der Waals surface area contributed by atoms with Crippen LogP contribution in [0.2, 0.25) is 0 Å².